The molecule has 228 valence electrons. The fourth-order valence-electron chi connectivity index (χ4n) is 4.93. The van der Waals surface area contributed by atoms with Gasteiger partial charge in [0.05, 0.1) is 44.8 Å². The molecule has 0 fully saturated rings. The third-order valence-electron chi connectivity index (χ3n) is 7.17. The average molecular weight is 615 g/mol. The Labute approximate surface area is 259 Å². The first-order valence-corrected chi connectivity index (χ1v) is 14.9. The number of ether oxygens (including phenoxy) is 3. The van der Waals surface area contributed by atoms with Gasteiger partial charge < -0.3 is 24.4 Å². The predicted molar refractivity (Wildman–Crippen MR) is 169 cm³/mol. The number of hydrogen-bond donors (Lipinski definition) is 1. The second-order valence-electron chi connectivity index (χ2n) is 10.4. The summed E-state index contributed by atoms with van der Waals surface area (Å²) in [6, 6.07) is 19.3. The van der Waals surface area contributed by atoms with Gasteiger partial charge in [-0.15, -0.1) is 16.4 Å². The van der Waals surface area contributed by atoms with Crippen molar-refractivity contribution < 1.29 is 23.8 Å². The monoisotopic (exact) mass is 614 g/mol. The van der Waals surface area contributed by atoms with E-state index in [4.69, 9.17) is 19.2 Å². The molecular formula is C32H34N6O5S. The molecular weight excluding hydrogens is 580 g/mol. The number of nitrogens with zero attached hydrogens (tertiary/aromatic N) is 5. The van der Waals surface area contributed by atoms with E-state index in [1.807, 2.05) is 67.8 Å². The van der Waals surface area contributed by atoms with E-state index >= 15 is 0 Å². The van der Waals surface area contributed by atoms with Gasteiger partial charge in [0.1, 0.15) is 40.4 Å². The number of carbonyl (C=O) groups excluding carboxylic acids is 2. The van der Waals surface area contributed by atoms with Gasteiger partial charge in [-0.05, 0) is 54.4 Å². The summed E-state index contributed by atoms with van der Waals surface area (Å²) >= 11 is 1.43. The second kappa shape index (κ2) is 13.6. The molecule has 0 saturated heterocycles. The molecule has 0 aliphatic carbocycles. The van der Waals surface area contributed by atoms with Crippen LogP contribution >= 0.6 is 11.3 Å². The largest absolute Gasteiger partial charge is 0.497 e. The molecule has 3 aromatic carbocycles. The van der Waals surface area contributed by atoms with Crippen LogP contribution in [0, 0.1) is 5.92 Å². The lowest BCUT2D eigenvalue weighted by Gasteiger charge is -2.33. The third-order valence-corrected chi connectivity index (χ3v) is 8.00. The van der Waals surface area contributed by atoms with Crippen LogP contribution in [0.5, 0.6) is 17.2 Å². The third kappa shape index (κ3) is 6.65. The molecule has 1 atom stereocenters. The molecule has 2 amide bonds. The van der Waals surface area contributed by atoms with Crippen LogP contribution in [0.1, 0.15) is 18.9 Å². The van der Waals surface area contributed by atoms with E-state index in [2.05, 4.69) is 15.6 Å². The number of carbonyl (C=O) groups is 2. The number of hydrogen-bond acceptors (Lipinski definition) is 9. The first kappa shape index (κ1) is 30.5. The zero-order chi connectivity index (χ0) is 31.2. The van der Waals surface area contributed by atoms with Crippen molar-refractivity contribution in [1.82, 2.24) is 24.9 Å². The lowest BCUT2D eigenvalue weighted by molar-refractivity contribution is -0.141. The fourth-order valence-corrected chi connectivity index (χ4v) is 5.73. The molecule has 2 aromatic heterocycles. The number of aromatic nitrogens is 4. The predicted octanol–water partition coefficient (Wildman–Crippen LogP) is 5.27. The van der Waals surface area contributed by atoms with E-state index < -0.39 is 6.04 Å². The number of methoxy groups -OCH3 is 3. The summed E-state index contributed by atoms with van der Waals surface area (Å²) in [4.78, 5) is 34.4. The molecule has 0 saturated carbocycles. The van der Waals surface area contributed by atoms with Crippen LogP contribution in [-0.2, 0) is 22.7 Å². The van der Waals surface area contributed by atoms with Crippen LogP contribution in [0.25, 0.3) is 22.3 Å². The Morgan fingerprint density at radius 2 is 1.68 bits per heavy atom. The molecule has 0 bridgehead atoms. The van der Waals surface area contributed by atoms with E-state index in [1.54, 1.807) is 42.0 Å². The van der Waals surface area contributed by atoms with E-state index in [0.717, 1.165) is 22.5 Å². The van der Waals surface area contributed by atoms with Crippen molar-refractivity contribution in [2.24, 2.45) is 5.92 Å². The van der Waals surface area contributed by atoms with Gasteiger partial charge in [-0.2, -0.15) is 0 Å². The average Bonchev–Trinajstić information content (AvgIpc) is 3.68. The minimum absolute atomic E-state index is 0.0976. The van der Waals surface area contributed by atoms with Crippen molar-refractivity contribution >= 4 is 39.9 Å². The molecule has 0 aliphatic heterocycles. The normalized spacial score (nSPS) is 11.8. The molecule has 5 aromatic rings. The van der Waals surface area contributed by atoms with Gasteiger partial charge in [0.25, 0.3) is 0 Å². The van der Waals surface area contributed by atoms with Gasteiger partial charge in [0.15, 0.2) is 0 Å². The number of nitrogens with one attached hydrogen (secondary N) is 1. The van der Waals surface area contributed by atoms with Crippen molar-refractivity contribution in [2.45, 2.75) is 33.0 Å². The van der Waals surface area contributed by atoms with Crippen LogP contribution in [0.15, 0.2) is 72.1 Å². The molecule has 0 radical (unpaired) electrons. The fraction of sp³-hybridized carbons (Fsp3) is 0.281. The summed E-state index contributed by atoms with van der Waals surface area (Å²) in [6.07, 6.45) is 0. The maximum Gasteiger partial charge on any atom is 0.247 e. The van der Waals surface area contributed by atoms with Crippen LogP contribution in [0.3, 0.4) is 0 Å². The number of rotatable bonds is 12. The second-order valence-corrected chi connectivity index (χ2v) is 11.3. The lowest BCUT2D eigenvalue weighted by atomic mass is 10.0. The van der Waals surface area contributed by atoms with Crippen molar-refractivity contribution in [1.29, 1.82) is 0 Å². The van der Waals surface area contributed by atoms with Crippen LogP contribution in [-0.4, -0.2) is 64.1 Å². The maximum atomic E-state index is 14.1. The highest BCUT2D eigenvalue weighted by atomic mass is 32.1. The maximum absolute atomic E-state index is 14.1. The van der Waals surface area contributed by atoms with E-state index in [0.29, 0.717) is 27.7 Å². The Morgan fingerprint density at radius 1 is 0.955 bits per heavy atom. The van der Waals surface area contributed by atoms with Crippen molar-refractivity contribution in [3.05, 3.63) is 77.1 Å². The lowest BCUT2D eigenvalue weighted by Crippen LogP contribution is -2.50. The van der Waals surface area contributed by atoms with Crippen molar-refractivity contribution in [2.75, 3.05) is 26.6 Å². The number of benzene rings is 3. The summed E-state index contributed by atoms with van der Waals surface area (Å²) in [5.41, 5.74) is 3.57. The van der Waals surface area contributed by atoms with E-state index in [1.165, 1.54) is 18.4 Å². The highest BCUT2D eigenvalue weighted by Crippen LogP contribution is 2.31. The molecule has 11 nitrogen and oxygen atoms in total. The van der Waals surface area contributed by atoms with Gasteiger partial charge in [0.2, 0.25) is 11.8 Å². The Bertz CT molecular complexity index is 1750. The van der Waals surface area contributed by atoms with Gasteiger partial charge in [0, 0.05) is 17.0 Å². The van der Waals surface area contributed by atoms with Crippen LogP contribution in [0.4, 0.5) is 5.69 Å². The molecule has 44 heavy (non-hydrogen) atoms. The van der Waals surface area contributed by atoms with Crippen LogP contribution < -0.4 is 19.5 Å². The van der Waals surface area contributed by atoms with Gasteiger partial charge in [-0.25, -0.2) is 9.67 Å². The smallest absolute Gasteiger partial charge is 0.247 e. The highest BCUT2D eigenvalue weighted by molar-refractivity contribution is 7.09. The number of thiazole rings is 1. The molecule has 2 heterocycles. The minimum atomic E-state index is -0.836. The summed E-state index contributed by atoms with van der Waals surface area (Å²) in [5, 5.41) is 14.0. The number of amides is 2. The summed E-state index contributed by atoms with van der Waals surface area (Å²) in [7, 11) is 4.70. The molecule has 0 spiro atoms. The standard InChI is InChI=1S/C32H34N6O5S/c1-20(2)31(32(40)34-25-15-14-23(42-4)16-28(25)43-5)37(30(39)18-38-27-9-7-6-8-24(27)35-36-38)17-29-33-26(19-44-29)21-10-12-22(41-3)13-11-21/h6-16,19-20,31H,17-18H2,1-5H3,(H,34,40). The zero-order valence-electron chi connectivity index (χ0n) is 25.2. The molecule has 5 rings (SSSR count). The first-order valence-electron chi connectivity index (χ1n) is 14.0. The highest BCUT2D eigenvalue weighted by Gasteiger charge is 2.34. The first-order chi connectivity index (χ1) is 21.3. The Hall–Kier alpha value is -4.97. The van der Waals surface area contributed by atoms with Crippen molar-refractivity contribution in [3.8, 4) is 28.5 Å². The summed E-state index contributed by atoms with van der Waals surface area (Å²) in [6.45, 7) is 3.85. The van der Waals surface area contributed by atoms with Gasteiger partial charge in [-0.1, -0.05) is 31.2 Å². The zero-order valence-corrected chi connectivity index (χ0v) is 26.0. The Morgan fingerprint density at radius 3 is 2.39 bits per heavy atom. The van der Waals surface area contributed by atoms with Gasteiger partial charge in [-0.3, -0.25) is 9.59 Å². The molecule has 1 unspecified atom stereocenters. The van der Waals surface area contributed by atoms with Gasteiger partial charge >= 0.3 is 0 Å². The molecule has 1 N–H and O–H groups in total. The van der Waals surface area contributed by atoms with Crippen LogP contribution in [0.2, 0.25) is 0 Å². The molecule has 12 heteroatoms. The Balaban J connectivity index is 1.46. The van der Waals surface area contributed by atoms with Crippen molar-refractivity contribution in [3.63, 3.8) is 0 Å². The minimum Gasteiger partial charge on any atom is -0.497 e. The van der Waals surface area contributed by atoms with E-state index in [-0.39, 0.29) is 30.8 Å². The number of para-hydroxylation sites is 1. The Kier molecular flexibility index (Phi) is 9.39. The number of anilines is 1. The topological polar surface area (TPSA) is 121 Å². The number of fused-ring (bicyclic) bond motifs is 1. The summed E-state index contributed by atoms with van der Waals surface area (Å²) in [5.74, 6) is 0.895. The molecule has 0 aliphatic rings. The quantitative estimate of drug-likeness (QED) is 0.202. The SMILES string of the molecule is COc1ccc(-c2csc(CN(C(=O)Cn3nnc4ccccc43)C(C(=O)Nc3ccc(OC)cc3OC)C(C)C)n2)cc1. The summed E-state index contributed by atoms with van der Waals surface area (Å²) < 4.78 is 17.6. The van der Waals surface area contributed by atoms with E-state index in [9.17, 15) is 9.59 Å².